The van der Waals surface area contributed by atoms with E-state index in [2.05, 4.69) is 25.4 Å². The largest absolute Gasteiger partial charge is 0.378 e. The van der Waals surface area contributed by atoms with Crippen molar-refractivity contribution in [3.8, 4) is 11.4 Å². The number of H-pyrrole nitrogens is 1. The van der Waals surface area contributed by atoms with Gasteiger partial charge in [-0.1, -0.05) is 29.3 Å². The third kappa shape index (κ3) is 4.61. The van der Waals surface area contributed by atoms with Crippen LogP contribution in [0.4, 0.5) is 0 Å². The second-order valence-corrected chi connectivity index (χ2v) is 8.72. The van der Waals surface area contributed by atoms with Gasteiger partial charge >= 0.3 is 0 Å². The molecule has 2 aliphatic rings. The maximum atomic E-state index is 13.0. The van der Waals surface area contributed by atoms with E-state index < -0.39 is 0 Å². The first-order chi connectivity index (χ1) is 16.5. The second-order valence-electron chi connectivity index (χ2n) is 7.85. The van der Waals surface area contributed by atoms with Gasteiger partial charge in [-0.25, -0.2) is 4.98 Å². The Morgan fingerprint density at radius 2 is 2.03 bits per heavy atom. The van der Waals surface area contributed by atoms with E-state index in [1.165, 1.54) is 0 Å². The van der Waals surface area contributed by atoms with Crippen molar-refractivity contribution < 1.29 is 9.53 Å². The minimum Gasteiger partial charge on any atom is -0.378 e. The molecule has 0 bridgehead atoms. The van der Waals surface area contributed by atoms with Gasteiger partial charge in [0.2, 0.25) is 0 Å². The molecule has 2 aromatic heterocycles. The number of nitrogens with one attached hydrogen (secondary N) is 2. The summed E-state index contributed by atoms with van der Waals surface area (Å²) in [5.41, 5.74) is 4.52. The molecule has 2 aliphatic heterocycles. The number of ether oxygens (including phenoxy) is 1. The molecule has 10 heteroatoms. The fraction of sp³-hybridized carbons (Fsp3) is 0.167. The SMILES string of the molecule is COCc1nn(Cc2cnc3cc(Cl)ccc3c2)cc1C(=O)NCc1cnc2[nH]cc(Cl)cc1-2. The highest BCUT2D eigenvalue weighted by Crippen LogP contribution is 2.26. The van der Waals surface area contributed by atoms with Gasteiger partial charge < -0.3 is 15.0 Å². The summed E-state index contributed by atoms with van der Waals surface area (Å²) >= 11 is 12.1. The number of carbonyl (C=O) groups is 1. The molecule has 0 saturated heterocycles. The lowest BCUT2D eigenvalue weighted by atomic mass is 10.1. The minimum absolute atomic E-state index is 0.218. The monoisotopic (exact) mass is 494 g/mol. The van der Waals surface area contributed by atoms with Gasteiger partial charge in [0.25, 0.3) is 5.91 Å². The number of nitrogens with zero attached hydrogens (tertiary/aromatic N) is 4. The Morgan fingerprint density at radius 1 is 1.15 bits per heavy atom. The Morgan fingerprint density at radius 3 is 2.88 bits per heavy atom. The van der Waals surface area contributed by atoms with E-state index >= 15 is 0 Å². The van der Waals surface area contributed by atoms with Crippen LogP contribution < -0.4 is 5.32 Å². The van der Waals surface area contributed by atoms with Crippen LogP contribution in [0.5, 0.6) is 0 Å². The molecular formula is C24H20Cl2N6O2. The summed E-state index contributed by atoms with van der Waals surface area (Å²) in [6.45, 7) is 0.981. The summed E-state index contributed by atoms with van der Waals surface area (Å²) in [5, 5.41) is 9.71. The number of hydrogen-bond acceptors (Lipinski definition) is 5. The molecular weight excluding hydrogens is 475 g/mol. The molecule has 0 radical (unpaired) electrons. The van der Waals surface area contributed by atoms with Crippen LogP contribution >= 0.6 is 23.2 Å². The van der Waals surface area contributed by atoms with Crippen LogP contribution in [0.15, 0.2) is 55.1 Å². The average Bonchev–Trinajstić information content (AvgIpc) is 3.41. The molecule has 2 N–H and O–H groups in total. The summed E-state index contributed by atoms with van der Waals surface area (Å²) in [6.07, 6.45) is 6.90. The Labute approximate surface area is 205 Å². The third-order valence-corrected chi connectivity index (χ3v) is 5.88. The van der Waals surface area contributed by atoms with Gasteiger partial charge in [-0.05, 0) is 29.8 Å². The maximum absolute atomic E-state index is 13.0. The van der Waals surface area contributed by atoms with Crippen molar-refractivity contribution >= 4 is 40.0 Å². The molecule has 0 fully saturated rings. The molecule has 5 rings (SSSR count). The van der Waals surface area contributed by atoms with Crippen LogP contribution in [0.25, 0.3) is 22.3 Å². The van der Waals surface area contributed by atoms with Gasteiger partial charge in [-0.2, -0.15) is 5.10 Å². The Bertz CT molecular complexity index is 1460. The number of hydrogen-bond donors (Lipinski definition) is 2. The van der Waals surface area contributed by atoms with Crippen molar-refractivity contribution in [2.45, 2.75) is 19.7 Å². The fourth-order valence-corrected chi connectivity index (χ4v) is 4.16. The highest BCUT2D eigenvalue weighted by Gasteiger charge is 2.18. The van der Waals surface area contributed by atoms with Gasteiger partial charge in [0.15, 0.2) is 0 Å². The number of rotatable bonds is 7. The van der Waals surface area contributed by atoms with Crippen LogP contribution in [0.3, 0.4) is 0 Å². The lowest BCUT2D eigenvalue weighted by Crippen LogP contribution is -2.23. The Kier molecular flexibility index (Phi) is 6.19. The molecule has 1 amide bonds. The first-order valence-corrected chi connectivity index (χ1v) is 11.2. The van der Waals surface area contributed by atoms with Crippen LogP contribution in [0, 0.1) is 0 Å². The molecule has 0 atom stereocenters. The van der Waals surface area contributed by atoms with Crippen LogP contribution in [-0.2, 0) is 24.4 Å². The molecule has 0 aliphatic carbocycles. The molecule has 4 heterocycles. The topological polar surface area (TPSA) is 97.7 Å². The van der Waals surface area contributed by atoms with Gasteiger partial charge in [0, 0.05) is 60.0 Å². The van der Waals surface area contributed by atoms with Crippen LogP contribution in [-0.4, -0.2) is 37.7 Å². The van der Waals surface area contributed by atoms with Gasteiger partial charge in [-0.3, -0.25) is 14.5 Å². The second kappa shape index (κ2) is 9.42. The number of amides is 1. The third-order valence-electron chi connectivity index (χ3n) is 5.43. The zero-order valence-electron chi connectivity index (χ0n) is 18.2. The number of fused-ring (bicyclic) bond motifs is 2. The first-order valence-electron chi connectivity index (χ1n) is 10.5. The molecule has 172 valence electrons. The number of methoxy groups -OCH3 is 1. The molecule has 0 saturated carbocycles. The maximum Gasteiger partial charge on any atom is 0.255 e. The number of aromatic amines is 1. The van der Waals surface area contributed by atoms with Crippen molar-refractivity contribution in [2.75, 3.05) is 7.11 Å². The lowest BCUT2D eigenvalue weighted by molar-refractivity contribution is 0.0946. The van der Waals surface area contributed by atoms with Gasteiger partial charge in [-0.15, -0.1) is 0 Å². The zero-order valence-corrected chi connectivity index (χ0v) is 19.7. The minimum atomic E-state index is -0.245. The van der Waals surface area contributed by atoms with Gasteiger partial charge in [0.1, 0.15) is 11.5 Å². The van der Waals surface area contributed by atoms with Crippen LogP contribution in [0.1, 0.15) is 27.2 Å². The number of aromatic nitrogens is 5. The van der Waals surface area contributed by atoms with Crippen molar-refractivity contribution in [1.82, 2.24) is 30.0 Å². The quantitative estimate of drug-likeness (QED) is 0.342. The number of benzene rings is 1. The first kappa shape index (κ1) is 22.3. The summed E-state index contributed by atoms with van der Waals surface area (Å²) in [7, 11) is 1.57. The average molecular weight is 495 g/mol. The number of carbonyl (C=O) groups excluding carboxylic acids is 1. The van der Waals surface area contributed by atoms with Crippen molar-refractivity contribution in [3.63, 3.8) is 0 Å². The van der Waals surface area contributed by atoms with Crippen LogP contribution in [0.2, 0.25) is 10.0 Å². The standard InChI is InChI=1S/C24H20Cl2N6O2/c1-34-13-22-20(24(33)30-9-16-8-28-23-19(16)5-18(26)10-29-23)12-32(31-22)11-14-4-15-2-3-17(25)6-21(15)27-7-14/h2-8,10,12H,9,11,13H2,1H3,(H,28,29)(H,30,33). The molecule has 1 aromatic carbocycles. The molecule has 3 aromatic rings. The molecule has 0 unspecified atom stereocenters. The van der Waals surface area contributed by atoms with E-state index in [0.717, 1.165) is 27.6 Å². The van der Waals surface area contributed by atoms with E-state index in [4.69, 9.17) is 27.9 Å². The smallest absolute Gasteiger partial charge is 0.255 e. The van der Waals surface area contributed by atoms with Crippen molar-refractivity contribution in [3.05, 3.63) is 87.5 Å². The molecule has 8 nitrogen and oxygen atoms in total. The highest BCUT2D eigenvalue weighted by molar-refractivity contribution is 6.31. The predicted molar refractivity (Wildman–Crippen MR) is 130 cm³/mol. The van der Waals surface area contributed by atoms with E-state index in [1.807, 2.05) is 30.3 Å². The van der Waals surface area contributed by atoms with E-state index in [9.17, 15) is 4.79 Å². The molecule has 0 spiro atoms. The predicted octanol–water partition coefficient (Wildman–Crippen LogP) is 4.69. The highest BCUT2D eigenvalue weighted by atomic mass is 35.5. The lowest BCUT2D eigenvalue weighted by Gasteiger charge is -2.06. The normalized spacial score (nSPS) is 11.4. The molecule has 34 heavy (non-hydrogen) atoms. The van der Waals surface area contributed by atoms with Gasteiger partial charge in [0.05, 0.1) is 29.3 Å². The Balaban J connectivity index is 1.34. The Hall–Kier alpha value is -3.46. The van der Waals surface area contributed by atoms with Crippen molar-refractivity contribution in [2.24, 2.45) is 0 Å². The summed E-state index contributed by atoms with van der Waals surface area (Å²) < 4.78 is 6.98. The zero-order chi connectivity index (χ0) is 23.7. The number of pyridine rings is 2. The summed E-state index contributed by atoms with van der Waals surface area (Å²) in [6, 6.07) is 9.44. The van der Waals surface area contributed by atoms with Crippen molar-refractivity contribution in [1.29, 1.82) is 0 Å². The number of halogens is 2. The summed E-state index contributed by atoms with van der Waals surface area (Å²) in [5.74, 6) is 0.470. The van der Waals surface area contributed by atoms with E-state index in [-0.39, 0.29) is 12.5 Å². The van der Waals surface area contributed by atoms with E-state index in [1.54, 1.807) is 36.6 Å². The summed E-state index contributed by atoms with van der Waals surface area (Å²) in [4.78, 5) is 24.8. The van der Waals surface area contributed by atoms with E-state index in [0.29, 0.717) is 40.2 Å². The fourth-order valence-electron chi connectivity index (χ4n) is 3.83.